The van der Waals surface area contributed by atoms with E-state index in [4.69, 9.17) is 18.0 Å². The second-order valence-electron chi connectivity index (χ2n) is 5.00. The van der Waals surface area contributed by atoms with Gasteiger partial charge in [0.1, 0.15) is 0 Å². The summed E-state index contributed by atoms with van der Waals surface area (Å²) in [5.74, 6) is 0.878. The van der Waals surface area contributed by atoms with Crippen LogP contribution < -0.4 is 11.1 Å². The Morgan fingerprint density at radius 3 is 2.60 bits per heavy atom. The number of carbonyl (C=O) groups excluding carboxylic acids is 1. The molecule has 0 heterocycles. The second kappa shape index (κ2) is 3.74. The van der Waals surface area contributed by atoms with Gasteiger partial charge in [0.05, 0.1) is 10.4 Å². The molecule has 0 bridgehead atoms. The van der Waals surface area contributed by atoms with Crippen molar-refractivity contribution in [1.82, 2.24) is 5.32 Å². The van der Waals surface area contributed by atoms with Crippen LogP contribution in [-0.2, 0) is 4.79 Å². The minimum Gasteiger partial charge on any atom is -0.392 e. The standard InChI is InChI=1S/C11H18N2OS/c1-7(6-8-2-3-8)13-10(14)11(4-5-11)9(12)15/h7-8H,2-6H2,1H3,(H2,12,15)(H,13,14). The van der Waals surface area contributed by atoms with Crippen molar-refractivity contribution in [3.05, 3.63) is 0 Å². The SMILES string of the molecule is CC(CC1CC1)NC(=O)C1(C(N)=S)CC1. The minimum absolute atomic E-state index is 0.0446. The van der Waals surface area contributed by atoms with E-state index in [0.29, 0.717) is 4.99 Å². The molecule has 1 atom stereocenters. The van der Waals surface area contributed by atoms with Gasteiger partial charge in [0.15, 0.2) is 0 Å². The van der Waals surface area contributed by atoms with Crippen LogP contribution in [0.3, 0.4) is 0 Å². The van der Waals surface area contributed by atoms with Crippen LogP contribution in [-0.4, -0.2) is 16.9 Å². The molecular weight excluding hydrogens is 208 g/mol. The highest BCUT2D eigenvalue weighted by Gasteiger charge is 2.52. The summed E-state index contributed by atoms with van der Waals surface area (Å²) in [6, 6.07) is 0.261. The molecule has 0 spiro atoms. The second-order valence-corrected chi connectivity index (χ2v) is 5.44. The summed E-state index contributed by atoms with van der Waals surface area (Å²) >= 11 is 4.94. The molecule has 0 aromatic carbocycles. The van der Waals surface area contributed by atoms with Gasteiger partial charge in [-0.25, -0.2) is 0 Å². The Labute approximate surface area is 95.8 Å². The number of hydrogen-bond donors (Lipinski definition) is 2. The first kappa shape index (κ1) is 10.9. The molecule has 2 rings (SSSR count). The van der Waals surface area contributed by atoms with Gasteiger partial charge in [0.2, 0.25) is 5.91 Å². The third-order valence-electron chi connectivity index (χ3n) is 3.42. The topological polar surface area (TPSA) is 55.1 Å². The van der Waals surface area contributed by atoms with Gasteiger partial charge in [0, 0.05) is 6.04 Å². The Bertz CT molecular complexity index is 295. The molecule has 0 saturated heterocycles. The Hall–Kier alpha value is -0.640. The summed E-state index contributed by atoms with van der Waals surface area (Å²) in [6.07, 6.45) is 5.38. The first-order valence-corrected chi connectivity index (χ1v) is 6.06. The average molecular weight is 226 g/mol. The maximum absolute atomic E-state index is 11.9. The molecule has 0 aromatic heterocycles. The summed E-state index contributed by atoms with van der Waals surface area (Å²) in [5, 5.41) is 3.03. The number of amides is 1. The van der Waals surface area contributed by atoms with Gasteiger partial charge < -0.3 is 11.1 Å². The average Bonchev–Trinajstić information content (AvgIpc) is 2.98. The molecule has 84 valence electrons. The number of thiocarbonyl (C=S) groups is 1. The Balaban J connectivity index is 1.83. The van der Waals surface area contributed by atoms with Crippen molar-refractivity contribution < 1.29 is 4.79 Å². The molecule has 2 saturated carbocycles. The summed E-state index contributed by atoms with van der Waals surface area (Å²) in [6.45, 7) is 2.06. The van der Waals surface area contributed by atoms with Crippen LogP contribution in [0.2, 0.25) is 0 Å². The molecular formula is C11H18N2OS. The zero-order valence-electron chi connectivity index (χ0n) is 9.08. The monoisotopic (exact) mass is 226 g/mol. The fourth-order valence-electron chi connectivity index (χ4n) is 1.98. The largest absolute Gasteiger partial charge is 0.392 e. The molecule has 3 N–H and O–H groups in total. The summed E-state index contributed by atoms with van der Waals surface area (Å²) in [5.41, 5.74) is 5.10. The zero-order chi connectivity index (χ0) is 11.1. The van der Waals surface area contributed by atoms with Crippen LogP contribution >= 0.6 is 12.2 Å². The molecule has 2 aliphatic carbocycles. The molecule has 0 aromatic rings. The van der Waals surface area contributed by atoms with Crippen LogP contribution in [0.15, 0.2) is 0 Å². The lowest BCUT2D eigenvalue weighted by Crippen LogP contribution is -2.43. The van der Waals surface area contributed by atoms with Crippen LogP contribution in [0.4, 0.5) is 0 Å². The van der Waals surface area contributed by atoms with Gasteiger partial charge >= 0.3 is 0 Å². The number of nitrogens with two attached hydrogens (primary N) is 1. The van der Waals surface area contributed by atoms with E-state index in [1.807, 2.05) is 0 Å². The molecule has 0 aliphatic heterocycles. The van der Waals surface area contributed by atoms with E-state index in [0.717, 1.165) is 25.2 Å². The van der Waals surface area contributed by atoms with Gasteiger partial charge in [-0.2, -0.15) is 0 Å². The van der Waals surface area contributed by atoms with Crippen molar-refractivity contribution in [3.63, 3.8) is 0 Å². The Morgan fingerprint density at radius 1 is 1.60 bits per heavy atom. The van der Waals surface area contributed by atoms with E-state index in [1.54, 1.807) is 0 Å². The van der Waals surface area contributed by atoms with E-state index >= 15 is 0 Å². The van der Waals surface area contributed by atoms with Crippen molar-refractivity contribution in [3.8, 4) is 0 Å². The molecule has 4 heteroatoms. The predicted octanol–water partition coefficient (Wildman–Crippen LogP) is 1.36. The van der Waals surface area contributed by atoms with E-state index in [1.165, 1.54) is 12.8 Å². The summed E-state index contributed by atoms with van der Waals surface area (Å²) in [7, 11) is 0. The van der Waals surface area contributed by atoms with E-state index in [2.05, 4.69) is 12.2 Å². The van der Waals surface area contributed by atoms with Gasteiger partial charge in [-0.1, -0.05) is 25.1 Å². The van der Waals surface area contributed by atoms with Crippen molar-refractivity contribution in [2.24, 2.45) is 17.1 Å². The van der Waals surface area contributed by atoms with E-state index < -0.39 is 5.41 Å². The molecule has 0 radical (unpaired) electrons. The van der Waals surface area contributed by atoms with Crippen molar-refractivity contribution in [1.29, 1.82) is 0 Å². The van der Waals surface area contributed by atoms with Gasteiger partial charge in [-0.05, 0) is 32.1 Å². The number of rotatable bonds is 5. The highest BCUT2D eigenvalue weighted by Crippen LogP contribution is 2.46. The predicted molar refractivity (Wildman–Crippen MR) is 63.4 cm³/mol. The quantitative estimate of drug-likeness (QED) is 0.696. The van der Waals surface area contributed by atoms with Gasteiger partial charge in [-0.3, -0.25) is 4.79 Å². The fraction of sp³-hybridized carbons (Fsp3) is 0.818. The van der Waals surface area contributed by atoms with E-state index in [9.17, 15) is 4.79 Å². The third-order valence-corrected chi connectivity index (χ3v) is 3.81. The Kier molecular flexibility index (Phi) is 2.71. The number of hydrogen-bond acceptors (Lipinski definition) is 2. The minimum atomic E-state index is -0.493. The molecule has 3 nitrogen and oxygen atoms in total. The first-order valence-electron chi connectivity index (χ1n) is 5.65. The molecule has 1 unspecified atom stereocenters. The molecule has 2 fully saturated rings. The van der Waals surface area contributed by atoms with Crippen LogP contribution in [0.25, 0.3) is 0 Å². The molecule has 1 amide bonds. The smallest absolute Gasteiger partial charge is 0.233 e. The lowest BCUT2D eigenvalue weighted by molar-refractivity contribution is -0.124. The van der Waals surface area contributed by atoms with Crippen LogP contribution in [0, 0.1) is 11.3 Å². The normalized spacial score (nSPS) is 24.3. The fourth-order valence-corrected chi connectivity index (χ4v) is 2.28. The van der Waals surface area contributed by atoms with Gasteiger partial charge in [-0.15, -0.1) is 0 Å². The first-order chi connectivity index (χ1) is 7.04. The highest BCUT2D eigenvalue weighted by molar-refractivity contribution is 7.80. The lowest BCUT2D eigenvalue weighted by atomic mass is 10.1. The van der Waals surface area contributed by atoms with Crippen LogP contribution in [0.5, 0.6) is 0 Å². The highest BCUT2D eigenvalue weighted by atomic mass is 32.1. The third kappa shape index (κ3) is 2.30. The van der Waals surface area contributed by atoms with Crippen molar-refractivity contribution in [2.75, 3.05) is 0 Å². The van der Waals surface area contributed by atoms with Gasteiger partial charge in [0.25, 0.3) is 0 Å². The number of nitrogens with one attached hydrogen (secondary N) is 1. The van der Waals surface area contributed by atoms with Crippen molar-refractivity contribution >= 4 is 23.1 Å². The van der Waals surface area contributed by atoms with Crippen LogP contribution in [0.1, 0.15) is 39.0 Å². The molecule has 2 aliphatic rings. The summed E-state index contributed by atoms with van der Waals surface area (Å²) < 4.78 is 0. The zero-order valence-corrected chi connectivity index (χ0v) is 9.90. The summed E-state index contributed by atoms with van der Waals surface area (Å²) in [4.78, 5) is 12.3. The number of carbonyl (C=O) groups is 1. The lowest BCUT2D eigenvalue weighted by Gasteiger charge is -2.18. The molecule has 15 heavy (non-hydrogen) atoms. The van der Waals surface area contributed by atoms with Crippen molar-refractivity contribution in [2.45, 2.75) is 45.1 Å². The maximum Gasteiger partial charge on any atom is 0.233 e. The maximum atomic E-state index is 11.9. The Morgan fingerprint density at radius 2 is 2.20 bits per heavy atom. The van der Waals surface area contributed by atoms with E-state index in [-0.39, 0.29) is 11.9 Å².